The Labute approximate surface area is 302 Å². The van der Waals surface area contributed by atoms with Gasteiger partial charge in [0.05, 0.1) is 21.3 Å². The summed E-state index contributed by atoms with van der Waals surface area (Å²) in [5.41, 5.74) is 8.90. The van der Waals surface area contributed by atoms with E-state index < -0.39 is 0 Å². The molecule has 0 saturated heterocycles. The Hall–Kier alpha value is -6.76. The normalized spacial score (nSPS) is 11.8. The van der Waals surface area contributed by atoms with Crippen molar-refractivity contribution < 1.29 is 0 Å². The molecule has 0 aliphatic heterocycles. The van der Waals surface area contributed by atoms with Crippen LogP contribution in [0, 0.1) is 0 Å². The largest absolute Gasteiger partial charge is 0.316 e. The van der Waals surface area contributed by atoms with Crippen molar-refractivity contribution in [3.05, 3.63) is 176 Å². The van der Waals surface area contributed by atoms with Crippen molar-refractivity contribution >= 4 is 64.2 Å². The molecule has 0 radical (unpaired) electrons. The zero-order chi connectivity index (χ0) is 34.2. The van der Waals surface area contributed by atoms with Gasteiger partial charge in [-0.2, -0.15) is 0 Å². The molecule has 0 atom stereocenters. The highest BCUT2D eigenvalue weighted by Gasteiger charge is 2.22. The summed E-state index contributed by atoms with van der Waals surface area (Å²) in [5, 5.41) is 15.7. The van der Waals surface area contributed by atoms with Gasteiger partial charge in [0.2, 0.25) is 0 Å². The third-order valence-electron chi connectivity index (χ3n) is 10.2. The minimum Gasteiger partial charge on any atom is -0.316 e. The zero-order valence-corrected chi connectivity index (χ0v) is 28.7. The van der Waals surface area contributed by atoms with Crippen LogP contribution in [0.2, 0.25) is 0 Å². The van der Waals surface area contributed by atoms with Gasteiger partial charge in [0.15, 0.2) is 11.6 Å². The fourth-order valence-corrected chi connectivity index (χ4v) is 9.13. The molecule has 52 heavy (non-hydrogen) atoms. The lowest BCUT2D eigenvalue weighted by Gasteiger charge is -2.14. The van der Waals surface area contributed by atoms with E-state index in [4.69, 9.17) is 10.2 Å². The number of benzene rings is 7. The first kappa shape index (κ1) is 29.0. The van der Waals surface area contributed by atoms with Crippen LogP contribution in [0.5, 0.6) is 0 Å². The number of fused-ring (bicyclic) bond motifs is 9. The Morgan fingerprint density at radius 3 is 1.63 bits per heavy atom. The number of rotatable bonds is 5. The Balaban J connectivity index is 1.19. The van der Waals surface area contributed by atoms with E-state index in [1.807, 2.05) is 47.7 Å². The van der Waals surface area contributed by atoms with Crippen LogP contribution in [0.25, 0.3) is 92.7 Å². The van der Waals surface area contributed by atoms with Gasteiger partial charge < -0.3 is 9.13 Å². The number of nitrogens with zero attached hydrogens (tertiary/aromatic N) is 5. The molecule has 0 saturated carbocycles. The number of aromatic nitrogens is 5. The molecule has 5 nitrogen and oxygen atoms in total. The summed E-state index contributed by atoms with van der Waals surface area (Å²) in [7, 11) is 0. The summed E-state index contributed by atoms with van der Waals surface area (Å²) in [6, 6.07) is 60.3. The van der Waals surface area contributed by atoms with Crippen LogP contribution >= 0.6 is 11.3 Å². The summed E-state index contributed by atoms with van der Waals surface area (Å²) >= 11 is 1.88. The van der Waals surface area contributed by atoms with Crippen molar-refractivity contribution in [1.82, 2.24) is 23.9 Å². The van der Waals surface area contributed by atoms with E-state index in [0.29, 0.717) is 0 Å². The summed E-state index contributed by atoms with van der Waals surface area (Å²) in [6.45, 7) is 0. The fraction of sp³-hybridized carbons (Fsp3) is 0. The fourth-order valence-electron chi connectivity index (χ4n) is 7.89. The van der Waals surface area contributed by atoms with E-state index in [1.54, 1.807) is 0 Å². The average molecular weight is 684 g/mol. The molecule has 0 amide bonds. The maximum atomic E-state index is 4.72. The summed E-state index contributed by atoms with van der Waals surface area (Å²) in [6.07, 6.45) is 2.20. The van der Waals surface area contributed by atoms with Gasteiger partial charge in [-0.15, -0.1) is 21.5 Å². The second-order valence-corrected chi connectivity index (χ2v) is 14.2. The molecule has 6 heteroatoms. The first-order chi connectivity index (χ1) is 25.8. The minimum absolute atomic E-state index is 0.806. The van der Waals surface area contributed by atoms with Gasteiger partial charge >= 0.3 is 0 Å². The van der Waals surface area contributed by atoms with Gasteiger partial charge in [0.1, 0.15) is 0 Å². The van der Waals surface area contributed by atoms with E-state index in [9.17, 15) is 0 Å². The van der Waals surface area contributed by atoms with Crippen LogP contribution < -0.4 is 0 Å². The van der Waals surface area contributed by atoms with E-state index in [2.05, 4.69) is 153 Å². The maximum absolute atomic E-state index is 4.72. The number of thiophene rings is 1. The first-order valence-electron chi connectivity index (χ1n) is 17.4. The number of hydrogen-bond donors (Lipinski definition) is 0. The van der Waals surface area contributed by atoms with Crippen LogP contribution in [0.1, 0.15) is 0 Å². The van der Waals surface area contributed by atoms with Crippen LogP contribution in [0.15, 0.2) is 176 Å². The topological polar surface area (TPSA) is 40.6 Å². The molecule has 0 N–H and O–H groups in total. The molecule has 11 rings (SSSR count). The first-order valence-corrected chi connectivity index (χ1v) is 18.2. The predicted octanol–water partition coefficient (Wildman–Crippen LogP) is 12.0. The van der Waals surface area contributed by atoms with Crippen molar-refractivity contribution in [3.63, 3.8) is 0 Å². The SMILES string of the molecule is c1ccc(-c2nnc(-c3ccccc3)n2-c2ccc(-n3c4c(ccc5c4ccn5-c4ccccc4)c4ccc5c6ccccc6sc5c43)cc2)cc1. The number of hydrogen-bond acceptors (Lipinski definition) is 3. The highest BCUT2D eigenvalue weighted by molar-refractivity contribution is 7.26. The van der Waals surface area contributed by atoms with Gasteiger partial charge in [0.25, 0.3) is 0 Å². The lowest BCUT2D eigenvalue weighted by Crippen LogP contribution is -2.01. The molecule has 0 bridgehead atoms. The average Bonchev–Trinajstić information content (AvgIpc) is 4.00. The van der Waals surface area contributed by atoms with Crippen molar-refractivity contribution in [2.75, 3.05) is 0 Å². The predicted molar refractivity (Wildman–Crippen MR) is 216 cm³/mol. The highest BCUT2D eigenvalue weighted by Crippen LogP contribution is 2.45. The van der Waals surface area contributed by atoms with Crippen molar-refractivity contribution in [1.29, 1.82) is 0 Å². The van der Waals surface area contributed by atoms with E-state index in [-0.39, 0.29) is 0 Å². The molecule has 0 aliphatic carbocycles. The van der Waals surface area contributed by atoms with Crippen LogP contribution in [0.4, 0.5) is 0 Å². The Morgan fingerprint density at radius 1 is 0.385 bits per heavy atom. The molecule has 0 aliphatic rings. The van der Waals surface area contributed by atoms with E-state index in [0.717, 1.165) is 39.8 Å². The Kier molecular flexibility index (Phi) is 6.35. The standard InChI is InChI=1S/C46H29N5S/c1-4-12-30(13-5-1)45-47-48-46(31-14-6-2-7-15-31)51(45)34-22-20-33(21-23-34)50-42-36(26-27-40-39(42)28-29-49(40)32-16-8-3-9-17-32)37-24-25-38-35-18-10-11-19-41(35)52-44(38)43(37)50/h1-29H. The maximum Gasteiger partial charge on any atom is 0.168 e. The molecule has 4 aromatic heterocycles. The third kappa shape index (κ3) is 4.28. The van der Waals surface area contributed by atoms with Gasteiger partial charge in [-0.05, 0) is 54.6 Å². The molecule has 7 aromatic carbocycles. The minimum atomic E-state index is 0.806. The van der Waals surface area contributed by atoms with Crippen molar-refractivity contribution in [2.24, 2.45) is 0 Å². The lowest BCUT2D eigenvalue weighted by atomic mass is 10.1. The van der Waals surface area contributed by atoms with Gasteiger partial charge in [-0.1, -0.05) is 115 Å². The Morgan fingerprint density at radius 2 is 0.942 bits per heavy atom. The molecular formula is C46H29N5S. The smallest absolute Gasteiger partial charge is 0.168 e. The summed E-state index contributed by atoms with van der Waals surface area (Å²) < 4.78 is 9.55. The van der Waals surface area contributed by atoms with Gasteiger partial charge in [-0.25, -0.2) is 0 Å². The lowest BCUT2D eigenvalue weighted by molar-refractivity contribution is 1.07. The number of para-hydroxylation sites is 1. The molecule has 244 valence electrons. The molecule has 11 aromatic rings. The quantitative estimate of drug-likeness (QED) is 0.181. The molecule has 0 unspecified atom stereocenters. The molecular weight excluding hydrogens is 655 g/mol. The molecule has 0 spiro atoms. The van der Waals surface area contributed by atoms with E-state index >= 15 is 0 Å². The van der Waals surface area contributed by atoms with E-state index in [1.165, 1.54) is 52.9 Å². The van der Waals surface area contributed by atoms with Crippen LogP contribution in [-0.2, 0) is 0 Å². The molecule has 4 heterocycles. The van der Waals surface area contributed by atoms with Crippen molar-refractivity contribution in [2.45, 2.75) is 0 Å². The second kappa shape index (κ2) is 11.4. The summed E-state index contributed by atoms with van der Waals surface area (Å²) in [4.78, 5) is 0. The third-order valence-corrected chi connectivity index (χ3v) is 11.4. The zero-order valence-electron chi connectivity index (χ0n) is 27.9. The van der Waals surface area contributed by atoms with Gasteiger partial charge in [0, 0.05) is 66.0 Å². The monoisotopic (exact) mass is 683 g/mol. The van der Waals surface area contributed by atoms with Gasteiger partial charge in [-0.3, -0.25) is 4.57 Å². The van der Waals surface area contributed by atoms with Crippen molar-refractivity contribution in [3.8, 4) is 39.8 Å². The molecule has 0 fully saturated rings. The summed E-state index contributed by atoms with van der Waals surface area (Å²) in [5.74, 6) is 1.61. The highest BCUT2D eigenvalue weighted by atomic mass is 32.1. The van der Waals surface area contributed by atoms with Crippen LogP contribution in [-0.4, -0.2) is 23.9 Å². The van der Waals surface area contributed by atoms with Crippen LogP contribution in [0.3, 0.4) is 0 Å². The Bertz CT molecular complexity index is 3040. The second-order valence-electron chi connectivity index (χ2n) is 13.1.